The molecule has 1 nitrogen and oxygen atoms in total. The summed E-state index contributed by atoms with van der Waals surface area (Å²) in [5.41, 5.74) is 1.01. The smallest absolute Gasteiger partial charge is 0.120 e. The van der Waals surface area contributed by atoms with E-state index in [1.807, 2.05) is 6.07 Å². The minimum atomic E-state index is 0.408. The third kappa shape index (κ3) is 1.74. The predicted octanol–water partition coefficient (Wildman–Crippen LogP) is 5.09. The Bertz CT molecular complexity index is 715. The van der Waals surface area contributed by atoms with E-state index in [1.165, 1.54) is 15.5 Å². The second kappa shape index (κ2) is 4.00. The van der Waals surface area contributed by atoms with E-state index in [4.69, 9.17) is 0 Å². The molecule has 0 saturated carbocycles. The summed E-state index contributed by atoms with van der Waals surface area (Å²) in [5, 5.41) is 12.4. The zero-order valence-electron chi connectivity index (χ0n) is 9.33. The van der Waals surface area contributed by atoms with Crippen LogP contribution >= 0.6 is 27.3 Å². The van der Waals surface area contributed by atoms with Gasteiger partial charge in [0.1, 0.15) is 5.75 Å². The highest BCUT2D eigenvalue weighted by Crippen LogP contribution is 2.38. The number of fused-ring (bicyclic) bond motifs is 3. The molecule has 1 heterocycles. The maximum absolute atomic E-state index is 9.89. The van der Waals surface area contributed by atoms with E-state index >= 15 is 0 Å². The molecule has 0 atom stereocenters. The fourth-order valence-corrected chi connectivity index (χ4v) is 3.79. The molecule has 86 valence electrons. The van der Waals surface area contributed by atoms with Crippen molar-refractivity contribution >= 4 is 47.4 Å². The van der Waals surface area contributed by atoms with E-state index in [9.17, 15) is 5.11 Å². The number of hydrogen-bond acceptors (Lipinski definition) is 2. The zero-order valence-corrected chi connectivity index (χ0v) is 11.7. The van der Waals surface area contributed by atoms with E-state index < -0.39 is 0 Å². The zero-order chi connectivity index (χ0) is 12.0. The van der Waals surface area contributed by atoms with Crippen molar-refractivity contribution in [2.24, 2.45) is 0 Å². The lowest BCUT2D eigenvalue weighted by molar-refractivity contribution is 0.470. The standard InChI is InChI=1S/C14H11BrOS/c1-2-8-5-11-10-4-3-9(15)6-13(10)17-14(11)7-12(8)16/h3-7,16H,2H2,1H3. The summed E-state index contributed by atoms with van der Waals surface area (Å²) in [6, 6.07) is 10.3. The summed E-state index contributed by atoms with van der Waals surface area (Å²) in [7, 11) is 0. The van der Waals surface area contributed by atoms with Crippen LogP contribution in [0.15, 0.2) is 34.8 Å². The van der Waals surface area contributed by atoms with Crippen LogP contribution in [-0.4, -0.2) is 5.11 Å². The molecule has 0 aliphatic carbocycles. The number of phenolic OH excluding ortho intramolecular Hbond substituents is 1. The van der Waals surface area contributed by atoms with Gasteiger partial charge in [0.2, 0.25) is 0 Å². The Hall–Kier alpha value is -1.06. The number of aromatic hydroxyl groups is 1. The van der Waals surface area contributed by atoms with Crippen molar-refractivity contribution in [3.8, 4) is 5.75 Å². The highest BCUT2D eigenvalue weighted by Gasteiger charge is 2.08. The molecule has 0 unspecified atom stereocenters. The fraction of sp³-hybridized carbons (Fsp3) is 0.143. The molecule has 1 N–H and O–H groups in total. The molecule has 0 radical (unpaired) electrons. The molecular formula is C14H11BrOS. The molecule has 0 saturated heterocycles. The van der Waals surface area contributed by atoms with Crippen LogP contribution in [0.3, 0.4) is 0 Å². The molecule has 0 amide bonds. The molecular weight excluding hydrogens is 296 g/mol. The number of aryl methyl sites for hydroxylation is 1. The van der Waals surface area contributed by atoms with Gasteiger partial charge in [0.25, 0.3) is 0 Å². The van der Waals surface area contributed by atoms with Crippen molar-refractivity contribution < 1.29 is 5.11 Å². The molecule has 0 aliphatic heterocycles. The number of benzene rings is 2. The van der Waals surface area contributed by atoms with Crippen molar-refractivity contribution in [3.63, 3.8) is 0 Å². The Morgan fingerprint density at radius 1 is 1.12 bits per heavy atom. The van der Waals surface area contributed by atoms with Crippen LogP contribution in [0, 0.1) is 0 Å². The summed E-state index contributed by atoms with van der Waals surface area (Å²) < 4.78 is 3.49. The summed E-state index contributed by atoms with van der Waals surface area (Å²) in [4.78, 5) is 0. The van der Waals surface area contributed by atoms with Gasteiger partial charge in [-0.3, -0.25) is 0 Å². The third-order valence-electron chi connectivity index (χ3n) is 3.02. The Morgan fingerprint density at radius 2 is 1.88 bits per heavy atom. The fourth-order valence-electron chi connectivity index (χ4n) is 2.11. The van der Waals surface area contributed by atoms with Gasteiger partial charge in [0, 0.05) is 24.6 Å². The van der Waals surface area contributed by atoms with Gasteiger partial charge in [0.05, 0.1) is 0 Å². The van der Waals surface area contributed by atoms with E-state index in [1.54, 1.807) is 11.3 Å². The molecule has 17 heavy (non-hydrogen) atoms. The first kappa shape index (κ1) is 11.1. The van der Waals surface area contributed by atoms with Crippen LogP contribution in [0.4, 0.5) is 0 Å². The normalized spacial score (nSPS) is 11.4. The van der Waals surface area contributed by atoms with Crippen molar-refractivity contribution in [2.75, 3.05) is 0 Å². The molecule has 3 aromatic rings. The van der Waals surface area contributed by atoms with Gasteiger partial charge in [-0.05, 0) is 36.2 Å². The minimum absolute atomic E-state index is 0.408. The third-order valence-corrected chi connectivity index (χ3v) is 4.62. The highest BCUT2D eigenvalue weighted by atomic mass is 79.9. The first-order valence-electron chi connectivity index (χ1n) is 5.52. The monoisotopic (exact) mass is 306 g/mol. The second-order valence-electron chi connectivity index (χ2n) is 4.07. The van der Waals surface area contributed by atoms with Gasteiger partial charge >= 0.3 is 0 Å². The lowest BCUT2D eigenvalue weighted by Gasteiger charge is -2.01. The lowest BCUT2D eigenvalue weighted by atomic mass is 10.1. The van der Waals surface area contributed by atoms with Crippen LogP contribution in [0.25, 0.3) is 20.2 Å². The number of halogens is 1. The van der Waals surface area contributed by atoms with Crippen LogP contribution < -0.4 is 0 Å². The predicted molar refractivity (Wildman–Crippen MR) is 78.1 cm³/mol. The molecule has 3 rings (SSSR count). The molecule has 2 aromatic carbocycles. The number of phenols is 1. The average molecular weight is 307 g/mol. The highest BCUT2D eigenvalue weighted by molar-refractivity contribution is 9.10. The van der Waals surface area contributed by atoms with E-state index in [0.29, 0.717) is 5.75 Å². The number of thiophene rings is 1. The van der Waals surface area contributed by atoms with Gasteiger partial charge in [-0.1, -0.05) is 28.9 Å². The van der Waals surface area contributed by atoms with Gasteiger partial charge in [-0.25, -0.2) is 0 Å². The average Bonchev–Trinajstić information content (AvgIpc) is 2.63. The first-order valence-corrected chi connectivity index (χ1v) is 7.13. The Morgan fingerprint density at radius 3 is 2.65 bits per heavy atom. The van der Waals surface area contributed by atoms with Crippen LogP contribution in [0.5, 0.6) is 5.75 Å². The summed E-state index contributed by atoms with van der Waals surface area (Å²) >= 11 is 5.21. The topological polar surface area (TPSA) is 20.2 Å². The van der Waals surface area contributed by atoms with Crippen LogP contribution in [-0.2, 0) is 6.42 Å². The lowest BCUT2D eigenvalue weighted by Crippen LogP contribution is -1.80. The SMILES string of the molecule is CCc1cc2c(cc1O)sc1cc(Br)ccc12. The van der Waals surface area contributed by atoms with Crippen LogP contribution in [0.1, 0.15) is 12.5 Å². The van der Waals surface area contributed by atoms with Gasteiger partial charge in [-0.2, -0.15) is 0 Å². The van der Waals surface area contributed by atoms with Gasteiger partial charge in [-0.15, -0.1) is 11.3 Å². The summed E-state index contributed by atoms with van der Waals surface area (Å²) in [5.74, 6) is 0.408. The Kier molecular flexibility index (Phi) is 2.60. The summed E-state index contributed by atoms with van der Waals surface area (Å²) in [6.07, 6.45) is 0.857. The maximum atomic E-state index is 9.89. The number of hydrogen-bond donors (Lipinski definition) is 1. The van der Waals surface area contributed by atoms with E-state index in [2.05, 4.69) is 47.1 Å². The quantitative estimate of drug-likeness (QED) is 0.664. The molecule has 3 heteroatoms. The molecule has 0 aliphatic rings. The van der Waals surface area contributed by atoms with Gasteiger partial charge < -0.3 is 5.11 Å². The molecule has 0 spiro atoms. The Labute approximate surface area is 112 Å². The number of rotatable bonds is 1. The Balaban J connectivity index is 2.44. The van der Waals surface area contributed by atoms with Crippen molar-refractivity contribution in [1.29, 1.82) is 0 Å². The van der Waals surface area contributed by atoms with E-state index in [0.717, 1.165) is 21.2 Å². The first-order chi connectivity index (χ1) is 8.19. The van der Waals surface area contributed by atoms with E-state index in [-0.39, 0.29) is 0 Å². The maximum Gasteiger partial charge on any atom is 0.120 e. The summed E-state index contributed by atoms with van der Waals surface area (Å²) in [6.45, 7) is 2.06. The molecule has 0 fully saturated rings. The molecule has 0 bridgehead atoms. The molecule has 1 aromatic heterocycles. The minimum Gasteiger partial charge on any atom is -0.508 e. The largest absolute Gasteiger partial charge is 0.508 e. The van der Waals surface area contributed by atoms with Crippen molar-refractivity contribution in [2.45, 2.75) is 13.3 Å². The van der Waals surface area contributed by atoms with Crippen molar-refractivity contribution in [3.05, 3.63) is 40.4 Å². The van der Waals surface area contributed by atoms with Crippen molar-refractivity contribution in [1.82, 2.24) is 0 Å². The van der Waals surface area contributed by atoms with Gasteiger partial charge in [0.15, 0.2) is 0 Å². The second-order valence-corrected chi connectivity index (χ2v) is 6.07. The van der Waals surface area contributed by atoms with Crippen LogP contribution in [0.2, 0.25) is 0 Å².